The molecule has 0 aliphatic heterocycles. The lowest BCUT2D eigenvalue weighted by Gasteiger charge is -2.08. The summed E-state index contributed by atoms with van der Waals surface area (Å²) in [5.41, 5.74) is 0.427. The minimum atomic E-state index is -0.338. The van der Waals surface area contributed by atoms with E-state index in [1.54, 1.807) is 19.2 Å². The van der Waals surface area contributed by atoms with E-state index in [0.717, 1.165) is 6.42 Å². The minimum absolute atomic E-state index is 0.297. The topological polar surface area (TPSA) is 42.8 Å². The molecule has 108 valence electrons. The highest BCUT2D eigenvalue weighted by molar-refractivity contribution is 7.71. The molecule has 1 heterocycles. The molecule has 0 aliphatic carbocycles. The first-order valence-corrected chi connectivity index (χ1v) is 6.98. The fourth-order valence-electron chi connectivity index (χ4n) is 1.94. The molecule has 7 heteroatoms. The molecule has 0 saturated heterocycles. The molecule has 1 aromatic carbocycles. The van der Waals surface area contributed by atoms with Crippen molar-refractivity contribution in [2.24, 2.45) is 0 Å². The number of ether oxygens (including phenoxy) is 1. The van der Waals surface area contributed by atoms with Crippen LogP contribution >= 0.6 is 23.8 Å². The van der Waals surface area contributed by atoms with Gasteiger partial charge in [-0.05, 0) is 30.8 Å². The number of hydrogen-bond donors (Lipinski definition) is 1. The van der Waals surface area contributed by atoms with Crippen LogP contribution in [0.15, 0.2) is 18.2 Å². The Kier molecular flexibility index (Phi) is 5.28. The van der Waals surface area contributed by atoms with Gasteiger partial charge in [-0.2, -0.15) is 5.10 Å². The third kappa shape index (κ3) is 3.45. The molecular weight excluding hydrogens is 301 g/mol. The predicted molar refractivity (Wildman–Crippen MR) is 78.1 cm³/mol. The maximum atomic E-state index is 13.8. The van der Waals surface area contributed by atoms with Crippen LogP contribution in [0.25, 0.3) is 0 Å². The number of aromatic amines is 1. The smallest absolute Gasteiger partial charge is 0.195 e. The van der Waals surface area contributed by atoms with Crippen LogP contribution in [0.2, 0.25) is 5.02 Å². The molecule has 0 radical (unpaired) electrons. The zero-order valence-corrected chi connectivity index (χ0v) is 12.6. The molecule has 1 N–H and O–H groups in total. The van der Waals surface area contributed by atoms with E-state index in [-0.39, 0.29) is 5.82 Å². The SMILES string of the molecule is COCCCn1c(Cc2c(F)cccc2Cl)n[nH]c1=S. The van der Waals surface area contributed by atoms with Gasteiger partial charge in [0.1, 0.15) is 11.6 Å². The lowest BCUT2D eigenvalue weighted by atomic mass is 10.1. The van der Waals surface area contributed by atoms with E-state index in [1.165, 1.54) is 6.07 Å². The third-order valence-electron chi connectivity index (χ3n) is 2.96. The predicted octanol–water partition coefficient (Wildman–Crippen LogP) is 3.36. The number of nitrogens with one attached hydrogen (secondary N) is 1. The lowest BCUT2D eigenvalue weighted by molar-refractivity contribution is 0.190. The van der Waals surface area contributed by atoms with Crippen molar-refractivity contribution in [3.63, 3.8) is 0 Å². The van der Waals surface area contributed by atoms with E-state index in [0.29, 0.717) is 40.8 Å². The van der Waals surface area contributed by atoms with Crippen LogP contribution in [-0.2, 0) is 17.7 Å². The first-order valence-electron chi connectivity index (χ1n) is 6.19. The first kappa shape index (κ1) is 15.2. The van der Waals surface area contributed by atoms with Gasteiger partial charge in [-0.3, -0.25) is 5.10 Å². The molecule has 0 aliphatic rings. The second-order valence-corrected chi connectivity index (χ2v) is 5.11. The Labute approximate surface area is 126 Å². The molecular formula is C13H15ClFN3OS. The molecule has 0 bridgehead atoms. The van der Waals surface area contributed by atoms with Crippen molar-refractivity contribution in [3.8, 4) is 0 Å². The van der Waals surface area contributed by atoms with Gasteiger partial charge in [0.2, 0.25) is 0 Å². The first-order chi connectivity index (χ1) is 9.63. The van der Waals surface area contributed by atoms with Crippen LogP contribution in [0.5, 0.6) is 0 Å². The van der Waals surface area contributed by atoms with E-state index >= 15 is 0 Å². The Bertz CT molecular complexity index is 621. The van der Waals surface area contributed by atoms with Gasteiger partial charge >= 0.3 is 0 Å². The van der Waals surface area contributed by atoms with Crippen molar-refractivity contribution in [2.45, 2.75) is 19.4 Å². The maximum absolute atomic E-state index is 13.8. The van der Waals surface area contributed by atoms with Crippen molar-refractivity contribution >= 4 is 23.8 Å². The van der Waals surface area contributed by atoms with Gasteiger partial charge in [-0.1, -0.05) is 17.7 Å². The average Bonchev–Trinajstić information content (AvgIpc) is 2.76. The van der Waals surface area contributed by atoms with Crippen molar-refractivity contribution in [2.75, 3.05) is 13.7 Å². The second kappa shape index (κ2) is 6.97. The number of methoxy groups -OCH3 is 1. The third-order valence-corrected chi connectivity index (χ3v) is 3.63. The Morgan fingerprint density at radius 3 is 3.00 bits per heavy atom. The Morgan fingerprint density at radius 2 is 2.30 bits per heavy atom. The average molecular weight is 316 g/mol. The number of benzene rings is 1. The highest BCUT2D eigenvalue weighted by atomic mass is 35.5. The van der Waals surface area contributed by atoms with Gasteiger partial charge in [-0.15, -0.1) is 0 Å². The molecule has 0 saturated carbocycles. The molecule has 1 aromatic heterocycles. The van der Waals surface area contributed by atoms with Crippen LogP contribution in [0.3, 0.4) is 0 Å². The van der Waals surface area contributed by atoms with Crippen LogP contribution in [0, 0.1) is 10.6 Å². The van der Waals surface area contributed by atoms with E-state index < -0.39 is 0 Å². The van der Waals surface area contributed by atoms with Crippen molar-refractivity contribution < 1.29 is 9.13 Å². The maximum Gasteiger partial charge on any atom is 0.195 e. The van der Waals surface area contributed by atoms with E-state index in [2.05, 4.69) is 10.2 Å². The van der Waals surface area contributed by atoms with Crippen LogP contribution in [-0.4, -0.2) is 28.5 Å². The van der Waals surface area contributed by atoms with Gasteiger partial charge in [0.15, 0.2) is 4.77 Å². The number of nitrogens with zero attached hydrogens (tertiary/aromatic N) is 2. The molecule has 4 nitrogen and oxygen atoms in total. The number of hydrogen-bond acceptors (Lipinski definition) is 3. The van der Waals surface area contributed by atoms with Crippen molar-refractivity contribution in [3.05, 3.63) is 45.2 Å². The normalized spacial score (nSPS) is 10.9. The number of aromatic nitrogens is 3. The van der Waals surface area contributed by atoms with Gasteiger partial charge < -0.3 is 9.30 Å². The Balaban J connectivity index is 2.23. The molecule has 0 unspecified atom stereocenters. The fourth-order valence-corrected chi connectivity index (χ4v) is 2.41. The molecule has 0 spiro atoms. The van der Waals surface area contributed by atoms with Crippen LogP contribution in [0.4, 0.5) is 4.39 Å². The fraction of sp³-hybridized carbons (Fsp3) is 0.385. The molecule has 0 amide bonds. The van der Waals surface area contributed by atoms with Gasteiger partial charge in [-0.25, -0.2) is 4.39 Å². The van der Waals surface area contributed by atoms with E-state index in [4.69, 9.17) is 28.6 Å². The van der Waals surface area contributed by atoms with Crippen LogP contribution in [0.1, 0.15) is 17.8 Å². The van der Waals surface area contributed by atoms with Crippen molar-refractivity contribution in [1.29, 1.82) is 0 Å². The van der Waals surface area contributed by atoms with Gasteiger partial charge in [0.05, 0.1) is 0 Å². The summed E-state index contributed by atoms with van der Waals surface area (Å²) in [4.78, 5) is 0. The molecule has 0 fully saturated rings. The summed E-state index contributed by atoms with van der Waals surface area (Å²) in [6.07, 6.45) is 1.11. The summed E-state index contributed by atoms with van der Waals surface area (Å²) in [5, 5.41) is 7.28. The highest BCUT2D eigenvalue weighted by Gasteiger charge is 2.12. The quantitative estimate of drug-likeness (QED) is 0.656. The van der Waals surface area contributed by atoms with E-state index in [1.807, 2.05) is 4.57 Å². The van der Waals surface area contributed by atoms with E-state index in [9.17, 15) is 4.39 Å². The summed E-state index contributed by atoms with van der Waals surface area (Å²) < 4.78 is 21.2. The Morgan fingerprint density at radius 1 is 1.50 bits per heavy atom. The molecule has 2 aromatic rings. The number of rotatable bonds is 6. The monoisotopic (exact) mass is 315 g/mol. The number of halogens is 2. The standard InChI is InChI=1S/C13H15ClFN3OS/c1-19-7-3-6-18-12(16-17-13(18)20)8-9-10(14)4-2-5-11(9)15/h2,4-5H,3,6-8H2,1H3,(H,17,20). The van der Waals surface area contributed by atoms with Gasteiger partial charge in [0.25, 0.3) is 0 Å². The van der Waals surface area contributed by atoms with Gasteiger partial charge in [0, 0.05) is 37.3 Å². The largest absolute Gasteiger partial charge is 0.385 e. The highest BCUT2D eigenvalue weighted by Crippen LogP contribution is 2.21. The lowest BCUT2D eigenvalue weighted by Crippen LogP contribution is -2.08. The molecule has 0 atom stereocenters. The zero-order chi connectivity index (χ0) is 14.5. The van der Waals surface area contributed by atoms with Crippen molar-refractivity contribution in [1.82, 2.24) is 14.8 Å². The summed E-state index contributed by atoms with van der Waals surface area (Å²) in [6.45, 7) is 1.30. The van der Waals surface area contributed by atoms with Crippen LogP contribution < -0.4 is 0 Å². The summed E-state index contributed by atoms with van der Waals surface area (Å²) in [6, 6.07) is 4.63. The summed E-state index contributed by atoms with van der Waals surface area (Å²) in [7, 11) is 1.65. The summed E-state index contributed by atoms with van der Waals surface area (Å²) >= 11 is 11.2. The minimum Gasteiger partial charge on any atom is -0.385 e. The molecule has 20 heavy (non-hydrogen) atoms. The Hall–Kier alpha value is -1.24. The second-order valence-electron chi connectivity index (χ2n) is 4.32. The summed E-state index contributed by atoms with van der Waals surface area (Å²) in [5.74, 6) is 0.327. The number of H-pyrrole nitrogens is 1. The zero-order valence-electron chi connectivity index (χ0n) is 11.0. The molecule has 2 rings (SSSR count).